The van der Waals surface area contributed by atoms with Gasteiger partial charge in [0.15, 0.2) is 11.2 Å². The van der Waals surface area contributed by atoms with Gasteiger partial charge in [-0.3, -0.25) is 9.59 Å². The van der Waals surface area contributed by atoms with Crippen molar-refractivity contribution in [1.82, 2.24) is 19.5 Å². The highest BCUT2D eigenvalue weighted by Gasteiger charge is 2.69. The van der Waals surface area contributed by atoms with Gasteiger partial charge in [0.05, 0.1) is 6.33 Å². The smallest absolute Gasteiger partial charge is 0.283 e. The van der Waals surface area contributed by atoms with E-state index in [0.29, 0.717) is 0 Å². The van der Waals surface area contributed by atoms with Gasteiger partial charge in [-0.15, -0.1) is 0 Å². The summed E-state index contributed by atoms with van der Waals surface area (Å²) in [7, 11) is 0. The summed E-state index contributed by atoms with van der Waals surface area (Å²) >= 11 is 0. The van der Waals surface area contributed by atoms with E-state index in [1.165, 1.54) is 18.5 Å². The van der Waals surface area contributed by atoms with E-state index in [-0.39, 0.29) is 28.2 Å². The number of rotatable bonds is 0. The van der Waals surface area contributed by atoms with E-state index in [1.807, 2.05) is 0 Å². The summed E-state index contributed by atoms with van der Waals surface area (Å²) in [5.41, 5.74) is -4.83. The first kappa shape index (κ1) is 12.5. The third-order valence-corrected chi connectivity index (χ3v) is 4.46. The second-order valence-electron chi connectivity index (χ2n) is 5.56. The summed E-state index contributed by atoms with van der Waals surface area (Å²) in [5, 5.41) is 24.5. The fourth-order valence-electron chi connectivity index (χ4n) is 3.39. The molecule has 23 heavy (non-hydrogen) atoms. The maximum atomic E-state index is 12.7. The predicted octanol–water partition coefficient (Wildman–Crippen LogP) is -0.877. The molecule has 0 radical (unpaired) electrons. The number of aromatic nitrogens is 4. The molecule has 0 saturated heterocycles. The Morgan fingerprint density at radius 1 is 1.17 bits per heavy atom. The topological polar surface area (TPSA) is 133 Å². The predicted molar refractivity (Wildman–Crippen MR) is 76.8 cm³/mol. The summed E-state index contributed by atoms with van der Waals surface area (Å²) in [5.74, 6) is -0.848. The normalized spacial score (nSPS) is 27.7. The van der Waals surface area contributed by atoms with Crippen LogP contribution < -0.4 is 10.9 Å². The Hall–Kier alpha value is -3.04. The molecular formula is C14H9N5O4. The minimum atomic E-state index is -2.39. The number of benzene rings is 1. The molecule has 4 N–H and O–H groups in total. The quantitative estimate of drug-likeness (QED) is 0.424. The number of hydrogen-bond acceptors (Lipinski definition) is 7. The molecule has 0 amide bonds. The Kier molecular flexibility index (Phi) is 1.89. The Labute approximate surface area is 127 Å². The van der Waals surface area contributed by atoms with Gasteiger partial charge in [0.1, 0.15) is 0 Å². The van der Waals surface area contributed by atoms with E-state index < -0.39 is 22.8 Å². The summed E-state index contributed by atoms with van der Waals surface area (Å²) < 4.78 is 0.886. The molecule has 0 bridgehead atoms. The van der Waals surface area contributed by atoms with Crippen molar-refractivity contribution >= 4 is 22.9 Å². The van der Waals surface area contributed by atoms with Gasteiger partial charge in [0.2, 0.25) is 17.5 Å². The minimum absolute atomic E-state index is 0.0741. The van der Waals surface area contributed by atoms with Crippen LogP contribution in [0.1, 0.15) is 15.9 Å². The van der Waals surface area contributed by atoms with Gasteiger partial charge >= 0.3 is 0 Å². The van der Waals surface area contributed by atoms with E-state index in [9.17, 15) is 19.8 Å². The first-order valence-electron chi connectivity index (χ1n) is 6.82. The highest BCUT2D eigenvalue weighted by Crippen LogP contribution is 2.49. The number of fused-ring (bicyclic) bond motifs is 6. The summed E-state index contributed by atoms with van der Waals surface area (Å²) in [6, 6.07) is 6.21. The third kappa shape index (κ3) is 1.11. The number of nitrogens with one attached hydrogen (secondary N) is 2. The number of carbonyl (C=O) groups excluding carboxylic acids is 1. The van der Waals surface area contributed by atoms with Crippen LogP contribution in [0.2, 0.25) is 0 Å². The lowest BCUT2D eigenvalue weighted by Gasteiger charge is -2.29. The molecule has 5 rings (SSSR count). The number of nitrogens with zero attached hydrogens (tertiary/aromatic N) is 3. The van der Waals surface area contributed by atoms with Crippen LogP contribution in [0.4, 0.5) is 5.95 Å². The minimum Gasteiger partial charge on any atom is -0.362 e. The van der Waals surface area contributed by atoms with Crippen LogP contribution in [-0.2, 0) is 5.72 Å². The van der Waals surface area contributed by atoms with Crippen LogP contribution >= 0.6 is 0 Å². The van der Waals surface area contributed by atoms with Gasteiger partial charge in [0.25, 0.3) is 11.3 Å². The van der Waals surface area contributed by atoms with Crippen LogP contribution in [0.15, 0.2) is 35.4 Å². The number of imidazole rings is 1. The van der Waals surface area contributed by atoms with Gasteiger partial charge in [-0.05, 0) is 0 Å². The lowest BCUT2D eigenvalue weighted by molar-refractivity contribution is -0.113. The fraction of sp³-hybridized carbons (Fsp3) is 0.143. The molecule has 2 atom stereocenters. The SMILES string of the molecule is O=C1c2ccccc2C2(O)n3c(nc4nc[nH]c4c3=O)NC12O. The van der Waals surface area contributed by atoms with Crippen molar-refractivity contribution in [3.05, 3.63) is 52.1 Å². The molecule has 2 unspecified atom stereocenters. The molecular weight excluding hydrogens is 302 g/mol. The van der Waals surface area contributed by atoms with Crippen LogP contribution in [0.5, 0.6) is 0 Å². The number of aromatic amines is 1. The van der Waals surface area contributed by atoms with E-state index in [4.69, 9.17) is 0 Å². The van der Waals surface area contributed by atoms with Gasteiger partial charge in [-0.1, -0.05) is 24.3 Å². The van der Waals surface area contributed by atoms with Crippen LogP contribution in [0, 0.1) is 0 Å². The number of aliphatic hydroxyl groups is 2. The van der Waals surface area contributed by atoms with Crippen molar-refractivity contribution in [2.24, 2.45) is 0 Å². The molecule has 1 aromatic carbocycles. The van der Waals surface area contributed by atoms with Crippen LogP contribution in [-0.4, -0.2) is 41.2 Å². The van der Waals surface area contributed by atoms with E-state index in [1.54, 1.807) is 12.1 Å². The molecule has 0 fully saturated rings. The lowest BCUT2D eigenvalue weighted by atomic mass is 10.0. The largest absolute Gasteiger partial charge is 0.362 e. The molecule has 3 heterocycles. The van der Waals surface area contributed by atoms with Gasteiger partial charge in [-0.25, -0.2) is 9.55 Å². The van der Waals surface area contributed by atoms with E-state index >= 15 is 0 Å². The third-order valence-electron chi connectivity index (χ3n) is 4.46. The molecule has 2 aliphatic rings. The van der Waals surface area contributed by atoms with Crippen molar-refractivity contribution in [3.8, 4) is 0 Å². The molecule has 1 aliphatic carbocycles. The number of carbonyl (C=O) groups is 1. The molecule has 3 aromatic rings. The summed E-state index contributed by atoms with van der Waals surface area (Å²) in [4.78, 5) is 35.9. The summed E-state index contributed by atoms with van der Waals surface area (Å²) in [6.45, 7) is 0. The maximum Gasteiger partial charge on any atom is 0.283 e. The molecule has 9 nitrogen and oxygen atoms in total. The van der Waals surface area contributed by atoms with Crippen LogP contribution in [0.25, 0.3) is 11.2 Å². The van der Waals surface area contributed by atoms with Gasteiger partial charge in [-0.2, -0.15) is 4.98 Å². The molecule has 0 spiro atoms. The average Bonchev–Trinajstić information content (AvgIpc) is 3.14. The monoisotopic (exact) mass is 311 g/mol. The van der Waals surface area contributed by atoms with Crippen molar-refractivity contribution in [2.75, 3.05) is 5.32 Å². The molecule has 2 aromatic heterocycles. The fourth-order valence-corrected chi connectivity index (χ4v) is 3.39. The second kappa shape index (κ2) is 3.47. The Morgan fingerprint density at radius 3 is 2.78 bits per heavy atom. The van der Waals surface area contributed by atoms with E-state index in [0.717, 1.165) is 4.57 Å². The van der Waals surface area contributed by atoms with Crippen molar-refractivity contribution in [2.45, 2.75) is 11.4 Å². The number of H-pyrrole nitrogens is 1. The Bertz CT molecular complexity index is 1090. The van der Waals surface area contributed by atoms with Gasteiger partial charge < -0.3 is 20.5 Å². The highest BCUT2D eigenvalue weighted by atomic mass is 16.4. The average molecular weight is 311 g/mol. The first-order chi connectivity index (χ1) is 11.0. The Morgan fingerprint density at radius 2 is 1.96 bits per heavy atom. The maximum absolute atomic E-state index is 12.7. The van der Waals surface area contributed by atoms with Crippen molar-refractivity contribution in [1.29, 1.82) is 0 Å². The van der Waals surface area contributed by atoms with Crippen LogP contribution in [0.3, 0.4) is 0 Å². The number of ketones is 1. The standard InChI is InChI=1S/C14H9N5O4/c20-9-6-3-1-2-4-7(6)14(23)13(9,22)18-12-17-10-8(15-5-16-10)11(21)19(12)14/h1-5,22-23H,(H,15,16)(H,17,18). The van der Waals surface area contributed by atoms with Gasteiger partial charge in [0, 0.05) is 11.1 Å². The molecule has 0 saturated carbocycles. The van der Waals surface area contributed by atoms with Crippen molar-refractivity contribution in [3.63, 3.8) is 0 Å². The molecule has 114 valence electrons. The van der Waals surface area contributed by atoms with E-state index in [2.05, 4.69) is 20.3 Å². The number of anilines is 1. The zero-order valence-electron chi connectivity index (χ0n) is 11.4. The Balaban J connectivity index is 1.97. The van der Waals surface area contributed by atoms with Crippen molar-refractivity contribution < 1.29 is 15.0 Å². The zero-order chi connectivity index (χ0) is 16.0. The summed E-state index contributed by atoms with van der Waals surface area (Å²) in [6.07, 6.45) is 1.30. The molecule has 1 aliphatic heterocycles. The highest BCUT2D eigenvalue weighted by molar-refractivity contribution is 6.10. The number of hydrogen-bond donors (Lipinski definition) is 4. The first-order valence-corrected chi connectivity index (χ1v) is 6.82. The second-order valence-corrected chi connectivity index (χ2v) is 5.56. The molecule has 9 heteroatoms. The lowest BCUT2D eigenvalue weighted by Crippen LogP contribution is -2.57. The number of Topliss-reactive ketones (excluding diaryl/α,β-unsaturated/α-hetero) is 1. The zero-order valence-corrected chi connectivity index (χ0v) is 11.4.